The second-order valence-corrected chi connectivity index (χ2v) is 5.63. The lowest BCUT2D eigenvalue weighted by Crippen LogP contribution is -2.28. The average molecular weight is 332 g/mol. The van der Waals surface area contributed by atoms with E-state index in [9.17, 15) is 14.4 Å². The van der Waals surface area contributed by atoms with Crippen LogP contribution in [0.2, 0.25) is 0 Å². The van der Waals surface area contributed by atoms with E-state index < -0.39 is 18.0 Å². The smallest absolute Gasteiger partial charge is 0.347 e. The molecule has 5 nitrogen and oxygen atoms in total. The van der Waals surface area contributed by atoms with E-state index >= 15 is 0 Å². The lowest BCUT2D eigenvalue weighted by atomic mass is 10.0. The molecule has 0 bridgehead atoms. The summed E-state index contributed by atoms with van der Waals surface area (Å²) in [5, 5.41) is 1.79. The molecule has 0 spiro atoms. The summed E-state index contributed by atoms with van der Waals surface area (Å²) in [5.41, 5.74) is 0.382. The zero-order chi connectivity index (χ0) is 16.8. The SMILES string of the molecule is CC[C@@H](OC(=O)c1ccccc1C(=O)c1cccs1)C(=O)OC. The molecular formula is C17H16O5S. The van der Waals surface area contributed by atoms with Crippen LogP contribution in [0.25, 0.3) is 0 Å². The zero-order valence-corrected chi connectivity index (χ0v) is 13.6. The van der Waals surface area contributed by atoms with Gasteiger partial charge in [-0.3, -0.25) is 4.79 Å². The van der Waals surface area contributed by atoms with Crippen LogP contribution in [-0.4, -0.2) is 30.9 Å². The van der Waals surface area contributed by atoms with Crippen LogP contribution in [0.3, 0.4) is 0 Å². The number of methoxy groups -OCH3 is 1. The van der Waals surface area contributed by atoms with Crippen molar-refractivity contribution < 1.29 is 23.9 Å². The van der Waals surface area contributed by atoms with Gasteiger partial charge in [-0.05, 0) is 23.9 Å². The third-order valence-corrected chi connectivity index (χ3v) is 4.09. The minimum absolute atomic E-state index is 0.133. The van der Waals surface area contributed by atoms with Crippen LogP contribution in [0.5, 0.6) is 0 Å². The van der Waals surface area contributed by atoms with E-state index in [4.69, 9.17) is 4.74 Å². The molecule has 1 aromatic heterocycles. The quantitative estimate of drug-likeness (QED) is 0.600. The summed E-state index contributed by atoms with van der Waals surface area (Å²) in [7, 11) is 1.23. The Bertz CT molecular complexity index is 706. The van der Waals surface area contributed by atoms with E-state index in [1.165, 1.54) is 24.5 Å². The fourth-order valence-corrected chi connectivity index (χ4v) is 2.70. The molecule has 0 aliphatic carbocycles. The summed E-state index contributed by atoms with van der Waals surface area (Å²) >= 11 is 1.30. The number of hydrogen-bond acceptors (Lipinski definition) is 6. The van der Waals surface area contributed by atoms with Crippen LogP contribution >= 0.6 is 11.3 Å². The minimum Gasteiger partial charge on any atom is -0.466 e. The van der Waals surface area contributed by atoms with E-state index in [1.807, 2.05) is 0 Å². The Morgan fingerprint density at radius 2 is 1.78 bits per heavy atom. The topological polar surface area (TPSA) is 69.7 Å². The van der Waals surface area contributed by atoms with Crippen LogP contribution in [0, 0.1) is 0 Å². The van der Waals surface area contributed by atoms with Crippen LogP contribution < -0.4 is 0 Å². The van der Waals surface area contributed by atoms with Crippen molar-refractivity contribution in [3.63, 3.8) is 0 Å². The fourth-order valence-electron chi connectivity index (χ4n) is 2.02. The highest BCUT2D eigenvalue weighted by Crippen LogP contribution is 2.19. The molecule has 0 unspecified atom stereocenters. The molecule has 0 fully saturated rings. The number of carbonyl (C=O) groups is 3. The Labute approximate surface area is 137 Å². The molecule has 120 valence electrons. The highest BCUT2D eigenvalue weighted by molar-refractivity contribution is 7.12. The molecule has 23 heavy (non-hydrogen) atoms. The Morgan fingerprint density at radius 1 is 1.09 bits per heavy atom. The highest BCUT2D eigenvalue weighted by atomic mass is 32.1. The number of esters is 2. The van der Waals surface area contributed by atoms with Crippen molar-refractivity contribution in [1.82, 2.24) is 0 Å². The summed E-state index contributed by atoms with van der Waals surface area (Å²) in [6.45, 7) is 1.71. The number of rotatable bonds is 6. The van der Waals surface area contributed by atoms with Gasteiger partial charge in [0.15, 0.2) is 6.10 Å². The van der Waals surface area contributed by atoms with Gasteiger partial charge in [-0.1, -0.05) is 31.2 Å². The Balaban J connectivity index is 2.28. The van der Waals surface area contributed by atoms with Crippen molar-refractivity contribution in [2.45, 2.75) is 19.4 Å². The van der Waals surface area contributed by atoms with Gasteiger partial charge in [0.1, 0.15) is 0 Å². The third-order valence-electron chi connectivity index (χ3n) is 3.22. The van der Waals surface area contributed by atoms with E-state index in [-0.39, 0.29) is 16.9 Å². The maximum atomic E-state index is 12.5. The van der Waals surface area contributed by atoms with Crippen LogP contribution in [0.15, 0.2) is 41.8 Å². The van der Waals surface area contributed by atoms with Crippen molar-refractivity contribution in [2.75, 3.05) is 7.11 Å². The molecule has 6 heteroatoms. The summed E-state index contributed by atoms with van der Waals surface area (Å²) in [4.78, 5) is 36.9. The number of thiophene rings is 1. The van der Waals surface area contributed by atoms with Gasteiger partial charge in [0, 0.05) is 5.56 Å². The number of ketones is 1. The summed E-state index contributed by atoms with van der Waals surface area (Å²) in [6.07, 6.45) is -0.697. The first-order chi connectivity index (χ1) is 11.1. The van der Waals surface area contributed by atoms with Crippen molar-refractivity contribution in [1.29, 1.82) is 0 Å². The average Bonchev–Trinajstić information content (AvgIpc) is 3.12. The van der Waals surface area contributed by atoms with E-state index in [2.05, 4.69) is 4.74 Å². The fraction of sp³-hybridized carbons (Fsp3) is 0.235. The normalized spacial score (nSPS) is 11.6. The molecule has 2 rings (SSSR count). The first-order valence-electron chi connectivity index (χ1n) is 7.04. The van der Waals surface area contributed by atoms with Crippen molar-refractivity contribution >= 4 is 29.1 Å². The predicted octanol–water partition coefficient (Wildman–Crippen LogP) is 3.09. The molecule has 2 aromatic rings. The second-order valence-electron chi connectivity index (χ2n) is 4.68. The van der Waals surface area contributed by atoms with E-state index in [0.717, 1.165) is 0 Å². The number of carbonyl (C=O) groups excluding carboxylic acids is 3. The Kier molecular flexibility index (Phi) is 5.65. The molecule has 0 aliphatic heterocycles. The minimum atomic E-state index is -0.989. The summed E-state index contributed by atoms with van der Waals surface area (Å²) < 4.78 is 9.78. The molecule has 0 aliphatic rings. The van der Waals surface area contributed by atoms with Gasteiger partial charge in [-0.15, -0.1) is 11.3 Å². The third kappa shape index (κ3) is 3.84. The van der Waals surface area contributed by atoms with Gasteiger partial charge >= 0.3 is 11.9 Å². The Hall–Kier alpha value is -2.47. The second kappa shape index (κ2) is 7.69. The molecule has 1 atom stereocenters. The molecule has 0 radical (unpaired) electrons. The van der Waals surface area contributed by atoms with E-state index in [0.29, 0.717) is 11.3 Å². The van der Waals surface area contributed by atoms with Crippen LogP contribution in [0.4, 0.5) is 0 Å². The lowest BCUT2D eigenvalue weighted by molar-refractivity contribution is -0.151. The summed E-state index contributed by atoms with van der Waals surface area (Å²) in [5.74, 6) is -1.59. The monoisotopic (exact) mass is 332 g/mol. The van der Waals surface area contributed by atoms with Crippen molar-refractivity contribution in [2.24, 2.45) is 0 Å². The number of hydrogen-bond donors (Lipinski definition) is 0. The summed E-state index contributed by atoms with van der Waals surface area (Å²) in [6, 6.07) is 9.85. The maximum Gasteiger partial charge on any atom is 0.347 e. The largest absolute Gasteiger partial charge is 0.466 e. The van der Waals surface area contributed by atoms with Gasteiger partial charge in [-0.2, -0.15) is 0 Å². The standard InChI is InChI=1S/C17H16O5S/c1-3-13(17(20)21-2)22-16(19)12-8-5-4-7-11(12)15(18)14-9-6-10-23-14/h4-10,13H,3H2,1-2H3/t13-/m1/s1. The molecule has 0 amide bonds. The highest BCUT2D eigenvalue weighted by Gasteiger charge is 2.25. The van der Waals surface area contributed by atoms with Crippen LogP contribution in [-0.2, 0) is 14.3 Å². The molecule has 1 aromatic carbocycles. The zero-order valence-electron chi connectivity index (χ0n) is 12.8. The molecule has 0 saturated carbocycles. The van der Waals surface area contributed by atoms with Crippen molar-refractivity contribution in [3.05, 3.63) is 57.8 Å². The maximum absolute atomic E-state index is 12.5. The first kappa shape index (κ1) is 16.9. The molecule has 1 heterocycles. The number of ether oxygens (including phenoxy) is 2. The molecule has 0 N–H and O–H groups in total. The van der Waals surface area contributed by atoms with Gasteiger partial charge in [-0.25, -0.2) is 9.59 Å². The van der Waals surface area contributed by atoms with Gasteiger partial charge in [0.2, 0.25) is 5.78 Å². The molecule has 0 saturated heterocycles. The van der Waals surface area contributed by atoms with Gasteiger partial charge in [0.05, 0.1) is 17.6 Å². The first-order valence-corrected chi connectivity index (χ1v) is 7.92. The Morgan fingerprint density at radius 3 is 2.35 bits per heavy atom. The van der Waals surface area contributed by atoms with E-state index in [1.54, 1.807) is 42.6 Å². The number of benzene rings is 1. The van der Waals surface area contributed by atoms with Crippen molar-refractivity contribution in [3.8, 4) is 0 Å². The molecular weight excluding hydrogens is 316 g/mol. The predicted molar refractivity (Wildman–Crippen MR) is 85.7 cm³/mol. The van der Waals surface area contributed by atoms with Gasteiger partial charge in [0.25, 0.3) is 0 Å². The lowest BCUT2D eigenvalue weighted by Gasteiger charge is -2.15. The van der Waals surface area contributed by atoms with Gasteiger partial charge < -0.3 is 9.47 Å². The van der Waals surface area contributed by atoms with Crippen LogP contribution in [0.1, 0.15) is 38.9 Å².